The van der Waals surface area contributed by atoms with Crippen LogP contribution in [0.4, 0.5) is 0 Å². The van der Waals surface area contributed by atoms with Gasteiger partial charge in [-0.25, -0.2) is 5.43 Å². The minimum Gasteiger partial charge on any atom is -0.272 e. The van der Waals surface area contributed by atoms with Crippen molar-refractivity contribution in [2.45, 2.75) is 5.16 Å². The summed E-state index contributed by atoms with van der Waals surface area (Å²) in [5.74, 6) is -0.183. The number of halogens is 2. The van der Waals surface area contributed by atoms with Gasteiger partial charge in [0.05, 0.1) is 22.7 Å². The summed E-state index contributed by atoms with van der Waals surface area (Å²) in [5, 5.41) is 16.9. The second-order valence-electron chi connectivity index (χ2n) is 4.96. The van der Waals surface area contributed by atoms with E-state index in [-0.39, 0.29) is 11.7 Å². The second-order valence-corrected chi connectivity index (χ2v) is 6.74. The van der Waals surface area contributed by atoms with Crippen molar-refractivity contribution in [2.75, 3.05) is 5.75 Å². The molecule has 26 heavy (non-hydrogen) atoms. The Kier molecular flexibility index (Phi) is 6.21. The molecule has 0 fully saturated rings. The molecule has 0 atom stereocenters. The largest absolute Gasteiger partial charge is 0.272 e. The highest BCUT2D eigenvalue weighted by molar-refractivity contribution is 7.99. The Hall–Kier alpha value is -2.42. The number of aromatic nitrogens is 4. The number of carbonyl (C=O) groups excluding carboxylic acids is 1. The maximum Gasteiger partial charge on any atom is 0.250 e. The Labute approximate surface area is 163 Å². The van der Waals surface area contributed by atoms with Gasteiger partial charge in [-0.2, -0.15) is 9.78 Å². The smallest absolute Gasteiger partial charge is 0.250 e. The van der Waals surface area contributed by atoms with Crippen LogP contribution in [0.5, 0.6) is 0 Å². The molecule has 0 aliphatic carbocycles. The first-order valence-electron chi connectivity index (χ1n) is 7.37. The van der Waals surface area contributed by atoms with Crippen molar-refractivity contribution < 1.29 is 4.79 Å². The van der Waals surface area contributed by atoms with Gasteiger partial charge in [-0.05, 0) is 34.7 Å². The van der Waals surface area contributed by atoms with E-state index in [0.29, 0.717) is 20.8 Å². The third kappa shape index (κ3) is 4.81. The number of nitrogens with zero attached hydrogens (tertiary/aromatic N) is 5. The van der Waals surface area contributed by atoms with E-state index in [9.17, 15) is 4.79 Å². The lowest BCUT2D eigenvalue weighted by Crippen LogP contribution is -2.20. The fourth-order valence-corrected chi connectivity index (χ4v) is 3.08. The number of amides is 1. The average molecular weight is 407 g/mol. The molecule has 1 aromatic heterocycles. The molecule has 1 amide bonds. The lowest BCUT2D eigenvalue weighted by Gasteiger charge is -2.03. The van der Waals surface area contributed by atoms with Crippen molar-refractivity contribution in [3.8, 4) is 5.69 Å². The van der Waals surface area contributed by atoms with Crippen molar-refractivity contribution in [3.63, 3.8) is 0 Å². The summed E-state index contributed by atoms with van der Waals surface area (Å²) >= 11 is 13.1. The molecule has 0 spiro atoms. The Morgan fingerprint density at radius 2 is 2.04 bits per heavy atom. The zero-order valence-corrected chi connectivity index (χ0v) is 15.5. The molecule has 0 aliphatic heterocycles. The van der Waals surface area contributed by atoms with E-state index in [4.69, 9.17) is 23.2 Å². The van der Waals surface area contributed by atoms with E-state index in [1.165, 1.54) is 18.0 Å². The summed E-state index contributed by atoms with van der Waals surface area (Å²) in [7, 11) is 0. The summed E-state index contributed by atoms with van der Waals surface area (Å²) < 4.78 is 1.56. The van der Waals surface area contributed by atoms with Crippen LogP contribution >= 0.6 is 35.0 Å². The van der Waals surface area contributed by atoms with Crippen LogP contribution in [0, 0.1) is 0 Å². The van der Waals surface area contributed by atoms with Gasteiger partial charge in [0.2, 0.25) is 5.16 Å². The highest BCUT2D eigenvalue weighted by Gasteiger charge is 2.11. The summed E-state index contributed by atoms with van der Waals surface area (Å²) in [6.07, 6.45) is 1.45. The zero-order chi connectivity index (χ0) is 18.4. The fraction of sp³-hybridized carbons (Fsp3) is 0.0625. The molecule has 0 unspecified atom stereocenters. The molecule has 0 radical (unpaired) electrons. The normalized spacial score (nSPS) is 11.0. The molecule has 3 aromatic rings. The molecule has 2 aromatic carbocycles. The predicted molar refractivity (Wildman–Crippen MR) is 102 cm³/mol. The van der Waals surface area contributed by atoms with Crippen molar-refractivity contribution >= 4 is 47.1 Å². The van der Waals surface area contributed by atoms with E-state index in [1.54, 1.807) is 22.9 Å². The average Bonchev–Trinajstić information content (AvgIpc) is 3.11. The lowest BCUT2D eigenvalue weighted by atomic mass is 10.2. The standard InChI is InChI=1S/C16H12Cl2N6OS/c17-12-7-6-11(14(18)8-12)9-19-20-15(25)10-26-16-21-22-23-24(16)13-4-2-1-3-5-13/h1-9H,10H2,(H,20,25)/b19-9+. The number of tetrazole rings is 1. The summed E-state index contributed by atoms with van der Waals surface area (Å²) in [6.45, 7) is 0. The fourth-order valence-electron chi connectivity index (χ4n) is 1.94. The molecule has 3 rings (SSSR count). The van der Waals surface area contributed by atoms with Crippen LogP contribution in [0.1, 0.15) is 5.56 Å². The zero-order valence-electron chi connectivity index (χ0n) is 13.2. The van der Waals surface area contributed by atoms with Crippen molar-refractivity contribution in [1.29, 1.82) is 0 Å². The van der Waals surface area contributed by atoms with E-state index in [2.05, 4.69) is 26.1 Å². The number of carbonyl (C=O) groups is 1. The Bertz CT molecular complexity index is 931. The second kappa shape index (κ2) is 8.79. The molecule has 1 heterocycles. The van der Waals surface area contributed by atoms with Crippen LogP contribution in [0.15, 0.2) is 58.8 Å². The van der Waals surface area contributed by atoms with Gasteiger partial charge in [0.25, 0.3) is 5.91 Å². The topological polar surface area (TPSA) is 85.1 Å². The molecule has 1 N–H and O–H groups in total. The quantitative estimate of drug-likeness (QED) is 0.385. The highest BCUT2D eigenvalue weighted by atomic mass is 35.5. The van der Waals surface area contributed by atoms with Gasteiger partial charge in [-0.3, -0.25) is 4.79 Å². The molecule has 0 aliphatic rings. The van der Waals surface area contributed by atoms with E-state index in [0.717, 1.165) is 5.69 Å². The minimum absolute atomic E-state index is 0.110. The van der Waals surface area contributed by atoms with Crippen LogP contribution in [0.25, 0.3) is 5.69 Å². The number of rotatable bonds is 6. The first-order valence-corrected chi connectivity index (χ1v) is 9.11. The van der Waals surface area contributed by atoms with Gasteiger partial charge in [0.1, 0.15) is 0 Å². The summed E-state index contributed by atoms with van der Waals surface area (Å²) in [5.41, 5.74) is 3.90. The van der Waals surface area contributed by atoms with E-state index >= 15 is 0 Å². The van der Waals surface area contributed by atoms with Gasteiger partial charge in [-0.15, -0.1) is 5.10 Å². The molecule has 10 heteroatoms. The number of thioether (sulfide) groups is 1. The minimum atomic E-state index is -0.293. The molecular weight excluding hydrogens is 395 g/mol. The van der Waals surface area contributed by atoms with Gasteiger partial charge >= 0.3 is 0 Å². The molecule has 7 nitrogen and oxygen atoms in total. The molecule has 0 saturated carbocycles. The number of benzene rings is 2. The number of hydrogen-bond acceptors (Lipinski definition) is 6. The van der Waals surface area contributed by atoms with E-state index < -0.39 is 0 Å². The van der Waals surface area contributed by atoms with Gasteiger partial charge in [0.15, 0.2) is 0 Å². The van der Waals surface area contributed by atoms with Crippen LogP contribution in [0.2, 0.25) is 10.0 Å². The molecule has 0 bridgehead atoms. The maximum absolute atomic E-state index is 11.9. The molecular formula is C16H12Cl2N6OS. The first kappa shape index (κ1) is 18.4. The first-order chi connectivity index (χ1) is 12.6. The Balaban J connectivity index is 1.55. The van der Waals surface area contributed by atoms with Crippen molar-refractivity contribution in [2.24, 2.45) is 5.10 Å². The third-order valence-electron chi connectivity index (χ3n) is 3.13. The lowest BCUT2D eigenvalue weighted by molar-refractivity contribution is -0.118. The van der Waals surface area contributed by atoms with Crippen LogP contribution in [-0.2, 0) is 4.79 Å². The Morgan fingerprint density at radius 3 is 2.81 bits per heavy atom. The van der Waals surface area contributed by atoms with Crippen LogP contribution < -0.4 is 5.43 Å². The third-order valence-corrected chi connectivity index (χ3v) is 4.61. The van der Waals surface area contributed by atoms with Gasteiger partial charge in [-0.1, -0.05) is 59.2 Å². The molecule has 132 valence electrons. The number of para-hydroxylation sites is 1. The number of nitrogens with one attached hydrogen (secondary N) is 1. The van der Waals surface area contributed by atoms with E-state index in [1.807, 2.05) is 30.3 Å². The maximum atomic E-state index is 11.9. The SMILES string of the molecule is O=C(CSc1nnnn1-c1ccccc1)N/N=C/c1ccc(Cl)cc1Cl. The highest BCUT2D eigenvalue weighted by Crippen LogP contribution is 2.19. The monoisotopic (exact) mass is 406 g/mol. The summed E-state index contributed by atoms with van der Waals surface area (Å²) in [4.78, 5) is 11.9. The van der Waals surface area contributed by atoms with Gasteiger partial charge in [0, 0.05) is 10.6 Å². The molecule has 0 saturated heterocycles. The van der Waals surface area contributed by atoms with Gasteiger partial charge < -0.3 is 0 Å². The Morgan fingerprint density at radius 1 is 1.23 bits per heavy atom. The predicted octanol–water partition coefficient (Wildman–Crippen LogP) is 3.21. The number of hydrogen-bond donors (Lipinski definition) is 1. The van der Waals surface area contributed by atoms with Crippen molar-refractivity contribution in [1.82, 2.24) is 25.6 Å². The van der Waals surface area contributed by atoms with Crippen LogP contribution in [0.3, 0.4) is 0 Å². The van der Waals surface area contributed by atoms with Crippen LogP contribution in [-0.4, -0.2) is 38.1 Å². The number of hydrazone groups is 1. The van der Waals surface area contributed by atoms with Crippen molar-refractivity contribution in [3.05, 3.63) is 64.1 Å². The summed E-state index contributed by atoms with van der Waals surface area (Å²) in [6, 6.07) is 14.4.